The Hall–Kier alpha value is -2.30. The highest BCUT2D eigenvalue weighted by Gasteiger charge is 2.22. The highest BCUT2D eigenvalue weighted by molar-refractivity contribution is 5.80. The van der Waals surface area contributed by atoms with E-state index in [1.54, 1.807) is 7.05 Å². The summed E-state index contributed by atoms with van der Waals surface area (Å²) < 4.78 is 11.1. The molecule has 3 rings (SSSR count). The fraction of sp³-hybridized carbons (Fsp3) is 0.636. The summed E-state index contributed by atoms with van der Waals surface area (Å²) in [5.74, 6) is 1.40. The van der Waals surface area contributed by atoms with Crippen LogP contribution in [0, 0.1) is 17.2 Å². The Morgan fingerprint density at radius 2 is 2.28 bits per heavy atom. The van der Waals surface area contributed by atoms with Crippen molar-refractivity contribution in [2.75, 3.05) is 58.0 Å². The number of rotatable bonds is 8. The summed E-state index contributed by atoms with van der Waals surface area (Å²) in [6.45, 7) is 5.94. The highest BCUT2D eigenvalue weighted by atomic mass is 16.5. The summed E-state index contributed by atoms with van der Waals surface area (Å²) >= 11 is 0. The minimum Gasteiger partial charge on any atom is -0.381 e. The quantitative estimate of drug-likeness (QED) is 0.396. The van der Waals surface area contributed by atoms with Crippen LogP contribution in [0.3, 0.4) is 0 Å². The van der Waals surface area contributed by atoms with Gasteiger partial charge in [0.15, 0.2) is 5.96 Å². The summed E-state index contributed by atoms with van der Waals surface area (Å²) in [4.78, 5) is 6.66. The maximum Gasteiger partial charge on any atom is 0.191 e. The van der Waals surface area contributed by atoms with E-state index in [9.17, 15) is 5.26 Å². The molecule has 0 amide bonds. The normalized spacial score (nSPS) is 22.3. The zero-order chi connectivity index (χ0) is 20.3. The number of anilines is 1. The second-order valence-electron chi connectivity index (χ2n) is 7.72. The molecule has 0 bridgehead atoms. The Morgan fingerprint density at radius 3 is 3.07 bits per heavy atom. The van der Waals surface area contributed by atoms with Crippen molar-refractivity contribution < 1.29 is 9.47 Å². The number of nitrogens with zero attached hydrogens (tertiary/aromatic N) is 3. The first-order valence-electron chi connectivity index (χ1n) is 10.7. The van der Waals surface area contributed by atoms with Crippen LogP contribution in [0.15, 0.2) is 29.3 Å². The molecule has 2 N–H and O–H groups in total. The van der Waals surface area contributed by atoms with E-state index in [-0.39, 0.29) is 0 Å². The molecule has 29 heavy (non-hydrogen) atoms. The van der Waals surface area contributed by atoms with Crippen LogP contribution < -0.4 is 15.5 Å². The monoisotopic (exact) mass is 399 g/mol. The molecule has 1 aromatic rings. The smallest absolute Gasteiger partial charge is 0.191 e. The van der Waals surface area contributed by atoms with Gasteiger partial charge in [0, 0.05) is 51.9 Å². The Morgan fingerprint density at radius 1 is 1.38 bits per heavy atom. The molecule has 2 atom stereocenters. The largest absolute Gasteiger partial charge is 0.381 e. The Bertz CT molecular complexity index is 697. The summed E-state index contributed by atoms with van der Waals surface area (Å²) in [6.07, 6.45) is 4.25. The van der Waals surface area contributed by atoms with Crippen LogP contribution in [-0.4, -0.2) is 65.1 Å². The fourth-order valence-corrected chi connectivity index (χ4v) is 3.89. The van der Waals surface area contributed by atoms with Gasteiger partial charge in [-0.05, 0) is 37.8 Å². The van der Waals surface area contributed by atoms with Crippen LogP contribution >= 0.6 is 0 Å². The third kappa shape index (κ3) is 6.62. The number of nitriles is 1. The molecule has 2 heterocycles. The lowest BCUT2D eigenvalue weighted by atomic mass is 10.0. The molecule has 2 fully saturated rings. The minimum absolute atomic E-state index is 0.306. The van der Waals surface area contributed by atoms with Crippen molar-refractivity contribution in [3.05, 3.63) is 29.8 Å². The number of guanidine groups is 1. The first-order chi connectivity index (χ1) is 14.3. The second kappa shape index (κ2) is 11.6. The number of aliphatic imine (C=N–C) groups is 1. The van der Waals surface area contributed by atoms with Crippen molar-refractivity contribution in [1.29, 1.82) is 5.26 Å². The van der Waals surface area contributed by atoms with Gasteiger partial charge in [-0.2, -0.15) is 5.26 Å². The summed E-state index contributed by atoms with van der Waals surface area (Å²) in [5, 5.41) is 16.3. The maximum absolute atomic E-state index is 9.38. The number of benzene rings is 1. The maximum atomic E-state index is 9.38. The molecule has 0 aliphatic carbocycles. The molecule has 7 heteroatoms. The van der Waals surface area contributed by atoms with Gasteiger partial charge in [0.05, 0.1) is 24.5 Å². The van der Waals surface area contributed by atoms with Gasteiger partial charge in [-0.25, -0.2) is 0 Å². The van der Waals surface area contributed by atoms with E-state index < -0.39 is 0 Å². The average Bonchev–Trinajstić information content (AvgIpc) is 3.29. The van der Waals surface area contributed by atoms with Gasteiger partial charge in [0.25, 0.3) is 0 Å². The predicted octanol–water partition coefficient (Wildman–Crippen LogP) is 2.14. The SMILES string of the molecule is CN=C(NCCCOCC1CCOC1)NC1CCCN(c2ccccc2C#N)C1. The van der Waals surface area contributed by atoms with Gasteiger partial charge in [0.1, 0.15) is 6.07 Å². The van der Waals surface area contributed by atoms with Gasteiger partial charge in [-0.15, -0.1) is 0 Å². The summed E-state index contributed by atoms with van der Waals surface area (Å²) in [5.41, 5.74) is 1.76. The van der Waals surface area contributed by atoms with E-state index in [2.05, 4.69) is 26.6 Å². The van der Waals surface area contributed by atoms with Crippen LogP contribution in [0.2, 0.25) is 0 Å². The highest BCUT2D eigenvalue weighted by Crippen LogP contribution is 2.23. The summed E-state index contributed by atoms with van der Waals surface area (Å²) in [7, 11) is 1.80. The minimum atomic E-state index is 0.306. The van der Waals surface area contributed by atoms with Crippen LogP contribution in [-0.2, 0) is 9.47 Å². The van der Waals surface area contributed by atoms with E-state index in [0.717, 1.165) is 89.0 Å². The van der Waals surface area contributed by atoms with Crippen molar-refractivity contribution in [3.8, 4) is 6.07 Å². The van der Waals surface area contributed by atoms with Gasteiger partial charge in [0.2, 0.25) is 0 Å². The third-order valence-electron chi connectivity index (χ3n) is 5.49. The van der Waals surface area contributed by atoms with E-state index in [0.29, 0.717) is 12.0 Å². The van der Waals surface area contributed by atoms with Gasteiger partial charge in [-0.1, -0.05) is 12.1 Å². The van der Waals surface area contributed by atoms with Crippen molar-refractivity contribution in [1.82, 2.24) is 10.6 Å². The molecule has 0 saturated carbocycles. The summed E-state index contributed by atoms with van der Waals surface area (Å²) in [6, 6.07) is 10.4. The third-order valence-corrected chi connectivity index (χ3v) is 5.49. The molecule has 0 radical (unpaired) electrons. The predicted molar refractivity (Wildman–Crippen MR) is 115 cm³/mol. The number of nitrogens with one attached hydrogen (secondary N) is 2. The topological polar surface area (TPSA) is 81.9 Å². The Kier molecular flexibility index (Phi) is 8.59. The van der Waals surface area contributed by atoms with Crippen LogP contribution in [0.5, 0.6) is 0 Å². The lowest BCUT2D eigenvalue weighted by Crippen LogP contribution is -2.51. The van der Waals surface area contributed by atoms with Gasteiger partial charge < -0.3 is 25.0 Å². The molecular formula is C22H33N5O2. The van der Waals surface area contributed by atoms with E-state index >= 15 is 0 Å². The first-order valence-corrected chi connectivity index (χ1v) is 10.7. The van der Waals surface area contributed by atoms with Crippen LogP contribution in [0.25, 0.3) is 0 Å². The van der Waals surface area contributed by atoms with E-state index in [1.165, 1.54) is 0 Å². The van der Waals surface area contributed by atoms with Crippen molar-refractivity contribution in [2.24, 2.45) is 10.9 Å². The standard InChI is InChI=1S/C22H33N5O2/c1-24-22(25-10-5-12-28-16-18-9-13-29-17-18)26-20-7-4-11-27(15-20)21-8-3-2-6-19(21)14-23/h2-3,6,8,18,20H,4-5,7,9-13,15-17H2,1H3,(H2,24,25,26). The van der Waals surface area contributed by atoms with E-state index in [4.69, 9.17) is 9.47 Å². The molecule has 7 nitrogen and oxygen atoms in total. The average molecular weight is 400 g/mol. The van der Waals surface area contributed by atoms with Crippen molar-refractivity contribution in [2.45, 2.75) is 31.7 Å². The molecule has 0 spiro atoms. The molecule has 2 unspecified atom stereocenters. The Labute approximate surface area is 174 Å². The van der Waals surface area contributed by atoms with Gasteiger partial charge >= 0.3 is 0 Å². The molecule has 0 aromatic heterocycles. The zero-order valence-electron chi connectivity index (χ0n) is 17.4. The molecule has 2 aliphatic rings. The lowest BCUT2D eigenvalue weighted by molar-refractivity contribution is 0.0888. The number of hydrogen-bond donors (Lipinski definition) is 2. The van der Waals surface area contributed by atoms with Crippen molar-refractivity contribution >= 4 is 11.6 Å². The second-order valence-corrected chi connectivity index (χ2v) is 7.72. The van der Waals surface area contributed by atoms with Crippen LogP contribution in [0.1, 0.15) is 31.2 Å². The Balaban J connectivity index is 1.38. The van der Waals surface area contributed by atoms with Crippen molar-refractivity contribution in [3.63, 3.8) is 0 Å². The molecule has 1 aromatic carbocycles. The molecule has 2 aliphatic heterocycles. The number of ether oxygens (including phenoxy) is 2. The fourth-order valence-electron chi connectivity index (χ4n) is 3.89. The molecule has 158 valence electrons. The number of piperidine rings is 1. The number of para-hydroxylation sites is 1. The van der Waals surface area contributed by atoms with E-state index in [1.807, 2.05) is 24.3 Å². The molecular weight excluding hydrogens is 366 g/mol. The zero-order valence-corrected chi connectivity index (χ0v) is 17.4. The first kappa shape index (κ1) is 21.4. The lowest BCUT2D eigenvalue weighted by Gasteiger charge is -2.35. The van der Waals surface area contributed by atoms with Gasteiger partial charge in [-0.3, -0.25) is 4.99 Å². The van der Waals surface area contributed by atoms with Crippen LogP contribution in [0.4, 0.5) is 5.69 Å². The molecule has 2 saturated heterocycles. The number of hydrogen-bond acceptors (Lipinski definition) is 5.